The Morgan fingerprint density at radius 2 is 2.19 bits per heavy atom. The first-order chi connectivity index (χ1) is 10.0. The Hall–Kier alpha value is -1.99. The van der Waals surface area contributed by atoms with Gasteiger partial charge >= 0.3 is 5.97 Å². The van der Waals surface area contributed by atoms with Crippen molar-refractivity contribution < 1.29 is 19.0 Å². The molecular weight excluding hydrogens is 295 g/mol. The zero-order chi connectivity index (χ0) is 15.4. The minimum absolute atomic E-state index is 0.131. The first-order valence-corrected chi connectivity index (χ1v) is 7.01. The largest absolute Gasteiger partial charge is 0.477 e. The Balaban J connectivity index is 2.23. The van der Waals surface area contributed by atoms with Crippen molar-refractivity contribution in [2.75, 3.05) is 19.1 Å². The first kappa shape index (κ1) is 15.4. The average Bonchev–Trinajstić information content (AvgIpc) is 2.86. The van der Waals surface area contributed by atoms with Gasteiger partial charge in [-0.3, -0.25) is 0 Å². The molecule has 1 aromatic carbocycles. The van der Waals surface area contributed by atoms with Crippen LogP contribution in [0.2, 0.25) is 0 Å². The lowest BCUT2D eigenvalue weighted by Gasteiger charge is -2.16. The van der Waals surface area contributed by atoms with Crippen molar-refractivity contribution in [1.29, 1.82) is 0 Å². The van der Waals surface area contributed by atoms with Gasteiger partial charge in [0.1, 0.15) is 10.7 Å². The fraction of sp³-hybridized carbons (Fsp3) is 0.286. The summed E-state index contributed by atoms with van der Waals surface area (Å²) in [5, 5.41) is 9.67. The van der Waals surface area contributed by atoms with E-state index in [0.717, 1.165) is 11.3 Å². The summed E-state index contributed by atoms with van der Waals surface area (Å²) in [7, 11) is 3.22. The van der Waals surface area contributed by atoms with Crippen molar-refractivity contribution in [3.63, 3.8) is 0 Å². The number of hydrogen-bond acceptors (Lipinski definition) is 5. The minimum atomic E-state index is -1.04. The molecule has 0 saturated carbocycles. The van der Waals surface area contributed by atoms with Crippen LogP contribution >= 0.6 is 11.3 Å². The number of thiazole rings is 1. The molecular formula is C14H15FN2O3S. The van der Waals surface area contributed by atoms with Crippen LogP contribution in [0.25, 0.3) is 0 Å². The molecule has 1 heterocycles. The second kappa shape index (κ2) is 6.64. The topological polar surface area (TPSA) is 62.7 Å². The molecule has 7 heteroatoms. The highest BCUT2D eigenvalue weighted by Crippen LogP contribution is 2.27. The molecule has 0 fully saturated rings. The number of aromatic nitrogens is 1. The Bertz CT molecular complexity index is 645. The van der Waals surface area contributed by atoms with Gasteiger partial charge in [-0.1, -0.05) is 29.5 Å². The highest BCUT2D eigenvalue weighted by atomic mass is 32.1. The number of carboxylic acids is 1. The SMILES string of the molecule is COCc1nc(N(C)Cc2ccccc2F)sc1C(=O)O. The van der Waals surface area contributed by atoms with Crippen LogP contribution in [0.5, 0.6) is 0 Å². The number of ether oxygens (including phenoxy) is 1. The molecule has 5 nitrogen and oxygen atoms in total. The number of rotatable bonds is 6. The van der Waals surface area contributed by atoms with Gasteiger partial charge < -0.3 is 14.7 Å². The number of nitrogens with zero attached hydrogens (tertiary/aromatic N) is 2. The summed E-state index contributed by atoms with van der Waals surface area (Å²) in [6, 6.07) is 6.46. The number of hydrogen-bond donors (Lipinski definition) is 1. The van der Waals surface area contributed by atoms with Crippen LogP contribution in [0.4, 0.5) is 9.52 Å². The molecule has 1 N–H and O–H groups in total. The maximum atomic E-state index is 13.6. The summed E-state index contributed by atoms with van der Waals surface area (Å²) in [4.78, 5) is 17.3. The summed E-state index contributed by atoms with van der Waals surface area (Å²) in [5.74, 6) is -1.33. The van der Waals surface area contributed by atoms with Gasteiger partial charge in [-0.2, -0.15) is 0 Å². The summed E-state index contributed by atoms with van der Waals surface area (Å²) in [6.07, 6.45) is 0. The first-order valence-electron chi connectivity index (χ1n) is 6.19. The third-order valence-corrected chi connectivity index (χ3v) is 4.05. The Morgan fingerprint density at radius 1 is 1.48 bits per heavy atom. The number of carboxylic acid groups (broad SMARTS) is 1. The van der Waals surface area contributed by atoms with Gasteiger partial charge in [0.25, 0.3) is 0 Å². The maximum Gasteiger partial charge on any atom is 0.347 e. The standard InChI is InChI=1S/C14H15FN2O3S/c1-17(7-9-5-3-4-6-10(9)15)14-16-11(8-20-2)12(21-14)13(18)19/h3-6H,7-8H2,1-2H3,(H,18,19). The van der Waals surface area contributed by atoms with E-state index in [2.05, 4.69) is 4.98 Å². The summed E-state index contributed by atoms with van der Waals surface area (Å²) >= 11 is 1.05. The molecule has 0 amide bonds. The predicted molar refractivity (Wildman–Crippen MR) is 78.3 cm³/mol. The lowest BCUT2D eigenvalue weighted by atomic mass is 10.2. The van der Waals surface area contributed by atoms with E-state index in [1.165, 1.54) is 13.2 Å². The number of anilines is 1. The Morgan fingerprint density at radius 3 is 2.81 bits per heavy atom. The zero-order valence-corrected chi connectivity index (χ0v) is 12.5. The van der Waals surface area contributed by atoms with E-state index < -0.39 is 5.97 Å². The molecule has 0 bridgehead atoms. The van der Waals surface area contributed by atoms with Crippen LogP contribution < -0.4 is 4.90 Å². The van der Waals surface area contributed by atoms with E-state index >= 15 is 0 Å². The van der Waals surface area contributed by atoms with E-state index in [0.29, 0.717) is 22.9 Å². The number of methoxy groups -OCH3 is 1. The molecule has 112 valence electrons. The maximum absolute atomic E-state index is 13.6. The molecule has 0 radical (unpaired) electrons. The van der Waals surface area contributed by atoms with E-state index in [-0.39, 0.29) is 17.3 Å². The number of aromatic carboxylic acids is 1. The lowest BCUT2D eigenvalue weighted by molar-refractivity contribution is 0.0697. The van der Waals surface area contributed by atoms with Gasteiger partial charge in [-0.05, 0) is 6.07 Å². The molecule has 0 atom stereocenters. The molecule has 0 unspecified atom stereocenters. The summed E-state index contributed by atoms with van der Waals surface area (Å²) in [6.45, 7) is 0.442. The number of carbonyl (C=O) groups is 1. The van der Waals surface area contributed by atoms with Crippen LogP contribution in [0, 0.1) is 5.82 Å². The van der Waals surface area contributed by atoms with Crippen molar-refractivity contribution in [2.45, 2.75) is 13.2 Å². The van der Waals surface area contributed by atoms with Crippen LogP contribution in [-0.2, 0) is 17.9 Å². The van der Waals surface area contributed by atoms with Crippen LogP contribution in [0.15, 0.2) is 24.3 Å². The van der Waals surface area contributed by atoms with Crippen molar-refractivity contribution in [2.24, 2.45) is 0 Å². The second-order valence-corrected chi connectivity index (χ2v) is 5.44. The van der Waals surface area contributed by atoms with E-state index in [1.807, 2.05) is 0 Å². The normalized spacial score (nSPS) is 10.6. The van der Waals surface area contributed by atoms with E-state index in [9.17, 15) is 9.18 Å². The molecule has 0 spiro atoms. The summed E-state index contributed by atoms with van der Waals surface area (Å²) in [5.41, 5.74) is 0.908. The van der Waals surface area contributed by atoms with Gasteiger partial charge in [-0.15, -0.1) is 0 Å². The fourth-order valence-corrected chi connectivity index (χ4v) is 2.72. The van der Waals surface area contributed by atoms with Crippen LogP contribution in [0.3, 0.4) is 0 Å². The number of halogens is 1. The highest BCUT2D eigenvalue weighted by molar-refractivity contribution is 7.17. The predicted octanol–water partition coefficient (Wildman–Crippen LogP) is 2.76. The Kier molecular flexibility index (Phi) is 4.87. The zero-order valence-electron chi connectivity index (χ0n) is 11.7. The van der Waals surface area contributed by atoms with Gasteiger partial charge in [0.05, 0.1) is 12.3 Å². The van der Waals surface area contributed by atoms with Gasteiger partial charge in [0, 0.05) is 26.3 Å². The molecule has 2 rings (SSSR count). The van der Waals surface area contributed by atoms with Crippen molar-refractivity contribution >= 4 is 22.4 Å². The quantitative estimate of drug-likeness (QED) is 0.889. The molecule has 2 aromatic rings. The molecule has 0 saturated heterocycles. The van der Waals surface area contributed by atoms with E-state index in [4.69, 9.17) is 9.84 Å². The van der Waals surface area contributed by atoms with Gasteiger partial charge in [0.15, 0.2) is 5.13 Å². The number of benzene rings is 1. The second-order valence-electron chi connectivity index (χ2n) is 4.46. The van der Waals surface area contributed by atoms with E-state index in [1.54, 1.807) is 30.1 Å². The monoisotopic (exact) mass is 310 g/mol. The van der Waals surface area contributed by atoms with Gasteiger partial charge in [0.2, 0.25) is 0 Å². The highest BCUT2D eigenvalue weighted by Gasteiger charge is 2.19. The molecule has 1 aromatic heterocycles. The third-order valence-electron chi connectivity index (χ3n) is 2.85. The smallest absolute Gasteiger partial charge is 0.347 e. The molecule has 21 heavy (non-hydrogen) atoms. The Labute approximate surface area is 125 Å². The third kappa shape index (κ3) is 3.56. The fourth-order valence-electron chi connectivity index (χ4n) is 1.85. The van der Waals surface area contributed by atoms with Crippen LogP contribution in [0.1, 0.15) is 20.9 Å². The minimum Gasteiger partial charge on any atom is -0.477 e. The van der Waals surface area contributed by atoms with Crippen molar-refractivity contribution in [3.05, 3.63) is 46.2 Å². The lowest BCUT2D eigenvalue weighted by Crippen LogP contribution is -2.17. The average molecular weight is 310 g/mol. The summed E-state index contributed by atoms with van der Waals surface area (Å²) < 4.78 is 18.6. The van der Waals surface area contributed by atoms with Crippen molar-refractivity contribution in [1.82, 2.24) is 4.98 Å². The van der Waals surface area contributed by atoms with Crippen LogP contribution in [-0.4, -0.2) is 30.2 Å². The van der Waals surface area contributed by atoms with Gasteiger partial charge in [-0.25, -0.2) is 14.2 Å². The van der Waals surface area contributed by atoms with Crippen molar-refractivity contribution in [3.8, 4) is 0 Å². The molecule has 0 aliphatic carbocycles. The molecule has 0 aliphatic heterocycles. The molecule has 0 aliphatic rings.